The number of rotatable bonds is 10. The van der Waals surface area contributed by atoms with Crippen molar-refractivity contribution in [2.24, 2.45) is 0 Å². The van der Waals surface area contributed by atoms with Crippen molar-refractivity contribution in [3.63, 3.8) is 0 Å². The van der Waals surface area contributed by atoms with E-state index in [2.05, 4.69) is 15.0 Å². The van der Waals surface area contributed by atoms with Crippen molar-refractivity contribution in [2.75, 3.05) is 11.0 Å². The zero-order chi connectivity index (χ0) is 30.5. The van der Waals surface area contributed by atoms with Crippen LogP contribution in [-0.4, -0.2) is 30.8 Å². The molecule has 1 heterocycles. The Kier molecular flexibility index (Phi) is 10.1. The normalized spacial score (nSPS) is 15.3. The van der Waals surface area contributed by atoms with E-state index in [9.17, 15) is 35.2 Å². The van der Waals surface area contributed by atoms with Gasteiger partial charge in [0.05, 0.1) is 17.9 Å². The van der Waals surface area contributed by atoms with Crippen LogP contribution < -0.4 is 10.0 Å². The van der Waals surface area contributed by atoms with E-state index in [1.807, 2.05) is 0 Å². The molecule has 3 aromatic rings. The van der Waals surface area contributed by atoms with Gasteiger partial charge < -0.3 is 5.32 Å². The molecular formula is C29H30F5N3O3S2. The lowest BCUT2D eigenvalue weighted by Gasteiger charge is -2.23. The van der Waals surface area contributed by atoms with Crippen molar-refractivity contribution in [1.82, 2.24) is 10.3 Å². The maximum absolute atomic E-state index is 14.8. The van der Waals surface area contributed by atoms with Crippen LogP contribution in [-0.2, 0) is 34.0 Å². The Morgan fingerprint density at radius 1 is 1.05 bits per heavy atom. The van der Waals surface area contributed by atoms with Gasteiger partial charge in [-0.25, -0.2) is 22.2 Å². The average molecular weight is 628 g/mol. The number of carbonyl (C=O) groups excluding carboxylic acids is 1. The van der Waals surface area contributed by atoms with Crippen molar-refractivity contribution in [3.05, 3.63) is 88.6 Å². The second-order valence-corrected chi connectivity index (χ2v) is 13.3. The third-order valence-corrected chi connectivity index (χ3v) is 8.82. The summed E-state index contributed by atoms with van der Waals surface area (Å²) in [5.74, 6) is -3.03. The first-order valence-electron chi connectivity index (χ1n) is 13.3. The fourth-order valence-corrected chi connectivity index (χ4v) is 6.69. The number of hydrogen-bond donors (Lipinski definition) is 2. The van der Waals surface area contributed by atoms with Crippen molar-refractivity contribution in [1.29, 1.82) is 0 Å². The highest BCUT2D eigenvalue weighted by molar-refractivity contribution is 7.99. The molecule has 1 saturated carbocycles. The number of amides is 1. The summed E-state index contributed by atoms with van der Waals surface area (Å²) in [7, 11) is -3.76. The van der Waals surface area contributed by atoms with E-state index >= 15 is 0 Å². The van der Waals surface area contributed by atoms with Gasteiger partial charge in [-0.1, -0.05) is 43.5 Å². The molecule has 4 rings (SSSR count). The highest BCUT2D eigenvalue weighted by Gasteiger charge is 2.33. The Hall–Kier alpha value is -3.19. The van der Waals surface area contributed by atoms with Crippen molar-refractivity contribution in [3.8, 4) is 0 Å². The minimum atomic E-state index is -4.62. The minimum absolute atomic E-state index is 0.0170. The van der Waals surface area contributed by atoms with Gasteiger partial charge in [0.15, 0.2) is 0 Å². The number of halogens is 5. The molecule has 1 unspecified atom stereocenters. The third-order valence-electron chi connectivity index (χ3n) is 6.85. The number of benzene rings is 2. The number of thioether (sulfide) groups is 1. The zero-order valence-corrected chi connectivity index (χ0v) is 24.3. The van der Waals surface area contributed by atoms with Crippen LogP contribution in [0.3, 0.4) is 0 Å². The predicted octanol–water partition coefficient (Wildman–Crippen LogP) is 6.82. The van der Waals surface area contributed by atoms with Gasteiger partial charge >= 0.3 is 6.18 Å². The monoisotopic (exact) mass is 627 g/mol. The minimum Gasteiger partial charge on any atom is -0.351 e. The quantitative estimate of drug-likeness (QED) is 0.241. The highest BCUT2D eigenvalue weighted by Crippen LogP contribution is 2.37. The fraction of sp³-hybridized carbons (Fsp3) is 0.379. The third kappa shape index (κ3) is 8.90. The van der Waals surface area contributed by atoms with Crippen LogP contribution in [0.15, 0.2) is 59.6 Å². The largest absolute Gasteiger partial charge is 0.433 e. The topological polar surface area (TPSA) is 88.2 Å². The molecule has 1 atom stereocenters. The van der Waals surface area contributed by atoms with Crippen LogP contribution in [0, 0.1) is 11.6 Å². The molecule has 0 bridgehead atoms. The van der Waals surface area contributed by atoms with Crippen LogP contribution in [0.2, 0.25) is 0 Å². The first-order chi connectivity index (χ1) is 19.8. The molecule has 0 aliphatic heterocycles. The molecule has 2 aromatic carbocycles. The number of nitrogens with zero attached hydrogens (tertiary/aromatic N) is 1. The number of alkyl halides is 3. The number of anilines is 1. The summed E-state index contributed by atoms with van der Waals surface area (Å²) in [4.78, 5) is 17.4. The van der Waals surface area contributed by atoms with Gasteiger partial charge in [0.1, 0.15) is 22.4 Å². The second-order valence-electron chi connectivity index (χ2n) is 10.3. The first kappa shape index (κ1) is 31.7. The SMILES string of the molecule is CS(=O)(=O)Nc1ccc(C(Cc2cccc(F)c2)C(=O)NCc2ccc(C(F)(F)F)nc2SC2CCCCC2)cc1F. The summed E-state index contributed by atoms with van der Waals surface area (Å²) in [6.45, 7) is -0.130. The molecule has 226 valence electrons. The number of hydrogen-bond acceptors (Lipinski definition) is 5. The van der Waals surface area contributed by atoms with Gasteiger partial charge in [0.2, 0.25) is 15.9 Å². The molecule has 13 heteroatoms. The molecule has 1 aromatic heterocycles. The lowest BCUT2D eigenvalue weighted by molar-refractivity contribution is -0.141. The number of sulfonamides is 1. The summed E-state index contributed by atoms with van der Waals surface area (Å²) in [6, 6.07) is 11.4. The van der Waals surface area contributed by atoms with Crippen LogP contribution in [0.1, 0.15) is 60.4 Å². The molecule has 1 fully saturated rings. The molecule has 1 amide bonds. The molecule has 1 aliphatic carbocycles. The van der Waals surface area contributed by atoms with E-state index in [0.29, 0.717) is 11.1 Å². The standard InChI is InChI=1S/C29H30F5N3O3S2/c1-42(39,40)37-25-12-10-19(16-24(25)31)23(15-18-6-5-7-21(30)14-18)27(38)35-17-20-11-13-26(29(32,33)34)36-28(20)41-22-8-3-2-4-9-22/h5-7,10-14,16,22-23,37H,2-4,8-9,15,17H2,1H3,(H,35,38). The Balaban J connectivity index is 1.60. The molecule has 42 heavy (non-hydrogen) atoms. The van der Waals surface area contributed by atoms with Crippen molar-refractivity contribution >= 4 is 33.4 Å². The Morgan fingerprint density at radius 2 is 1.79 bits per heavy atom. The van der Waals surface area contributed by atoms with Crippen molar-refractivity contribution in [2.45, 2.75) is 67.4 Å². The Bertz CT molecular complexity index is 1530. The number of nitrogens with one attached hydrogen (secondary N) is 2. The Morgan fingerprint density at radius 3 is 2.43 bits per heavy atom. The van der Waals surface area contributed by atoms with Gasteiger partial charge in [-0.15, -0.1) is 11.8 Å². The maximum Gasteiger partial charge on any atom is 0.433 e. The predicted molar refractivity (Wildman–Crippen MR) is 152 cm³/mol. The van der Waals surface area contributed by atoms with Gasteiger partial charge in [-0.2, -0.15) is 13.2 Å². The van der Waals surface area contributed by atoms with Gasteiger partial charge in [-0.05, 0) is 60.7 Å². The van der Waals surface area contributed by atoms with E-state index < -0.39 is 45.4 Å². The maximum atomic E-state index is 14.8. The van der Waals surface area contributed by atoms with Crippen LogP contribution in [0.4, 0.5) is 27.6 Å². The summed E-state index contributed by atoms with van der Waals surface area (Å²) in [5.41, 5.74) is -0.242. The summed E-state index contributed by atoms with van der Waals surface area (Å²) in [6.07, 6.45) is 1.00. The van der Waals surface area contributed by atoms with E-state index in [1.165, 1.54) is 48.2 Å². The Labute approximate surface area is 245 Å². The zero-order valence-electron chi connectivity index (χ0n) is 22.7. The molecular weight excluding hydrogens is 597 g/mol. The van der Waals surface area contributed by atoms with Crippen LogP contribution >= 0.6 is 11.8 Å². The number of pyridine rings is 1. The van der Waals surface area contributed by atoms with Gasteiger partial charge in [-0.3, -0.25) is 9.52 Å². The van der Waals surface area contributed by atoms with E-state index in [1.54, 1.807) is 6.07 Å². The molecule has 2 N–H and O–H groups in total. The number of carbonyl (C=O) groups is 1. The molecule has 0 radical (unpaired) electrons. The molecule has 0 spiro atoms. The van der Waals surface area contributed by atoms with E-state index in [0.717, 1.165) is 50.5 Å². The molecule has 1 aliphatic rings. The smallest absolute Gasteiger partial charge is 0.351 e. The summed E-state index contributed by atoms with van der Waals surface area (Å²) >= 11 is 1.28. The lowest BCUT2D eigenvalue weighted by atomic mass is 9.90. The van der Waals surface area contributed by atoms with Crippen molar-refractivity contribution < 1.29 is 35.2 Å². The van der Waals surface area contributed by atoms with Crippen LogP contribution in [0.5, 0.6) is 0 Å². The highest BCUT2D eigenvalue weighted by atomic mass is 32.2. The second kappa shape index (κ2) is 13.4. The molecule has 6 nitrogen and oxygen atoms in total. The summed E-state index contributed by atoms with van der Waals surface area (Å²) in [5, 5.41) is 3.05. The average Bonchev–Trinajstić information content (AvgIpc) is 2.91. The molecule has 0 saturated heterocycles. The fourth-order valence-electron chi connectivity index (χ4n) is 4.80. The lowest BCUT2D eigenvalue weighted by Crippen LogP contribution is -2.31. The van der Waals surface area contributed by atoms with Gasteiger partial charge in [0, 0.05) is 17.4 Å². The van der Waals surface area contributed by atoms with E-state index in [-0.39, 0.29) is 34.5 Å². The van der Waals surface area contributed by atoms with E-state index in [4.69, 9.17) is 0 Å². The first-order valence-corrected chi connectivity index (χ1v) is 16.1. The van der Waals surface area contributed by atoms with Crippen LogP contribution in [0.25, 0.3) is 0 Å². The summed E-state index contributed by atoms with van der Waals surface area (Å²) < 4.78 is 94.2. The number of aromatic nitrogens is 1. The van der Waals surface area contributed by atoms with Gasteiger partial charge in [0.25, 0.3) is 0 Å².